The molecule has 0 unspecified atom stereocenters. The number of carbonyl (C=O) groups excluding carboxylic acids is 2. The van der Waals surface area contributed by atoms with Crippen molar-refractivity contribution in [1.82, 2.24) is 14.8 Å². The van der Waals surface area contributed by atoms with E-state index >= 15 is 0 Å². The fourth-order valence-corrected chi connectivity index (χ4v) is 5.11. The highest BCUT2D eigenvalue weighted by Gasteiger charge is 2.32. The van der Waals surface area contributed by atoms with Gasteiger partial charge in [0.15, 0.2) is 0 Å². The van der Waals surface area contributed by atoms with Crippen molar-refractivity contribution >= 4 is 11.8 Å². The molecule has 2 aliphatic rings. The number of likely N-dealkylation sites (tertiary alicyclic amines) is 1. The molecule has 6 nitrogen and oxygen atoms in total. The van der Waals surface area contributed by atoms with Gasteiger partial charge in [-0.15, -0.1) is 0 Å². The van der Waals surface area contributed by atoms with Crippen LogP contribution in [0.1, 0.15) is 78.0 Å². The molecule has 1 N–H and O–H groups in total. The molecule has 2 aromatic rings. The fraction of sp³-hybridized carbons (Fsp3) is 0.500. The average Bonchev–Trinajstić information content (AvgIpc) is 3.27. The van der Waals surface area contributed by atoms with Crippen LogP contribution in [0.3, 0.4) is 0 Å². The number of aromatic nitrogens is 1. The summed E-state index contributed by atoms with van der Waals surface area (Å²) in [5, 5.41) is 3.04. The quantitative estimate of drug-likeness (QED) is 0.775. The van der Waals surface area contributed by atoms with E-state index in [0.29, 0.717) is 6.54 Å². The molecule has 4 rings (SSSR count). The summed E-state index contributed by atoms with van der Waals surface area (Å²) in [6, 6.07) is 9.75. The number of hydrogen-bond donors (Lipinski definition) is 1. The Morgan fingerprint density at radius 1 is 1.03 bits per heavy atom. The van der Waals surface area contributed by atoms with E-state index in [9.17, 15) is 14.4 Å². The number of pyridine rings is 1. The van der Waals surface area contributed by atoms with Crippen LogP contribution >= 0.6 is 0 Å². The van der Waals surface area contributed by atoms with Gasteiger partial charge in [0.1, 0.15) is 12.1 Å². The minimum atomic E-state index is -0.400. The smallest absolute Gasteiger partial charge is 0.263 e. The van der Waals surface area contributed by atoms with Crippen LogP contribution in [0.25, 0.3) is 0 Å². The van der Waals surface area contributed by atoms with Crippen molar-refractivity contribution in [1.29, 1.82) is 0 Å². The molecule has 0 spiro atoms. The van der Waals surface area contributed by atoms with Crippen molar-refractivity contribution in [2.24, 2.45) is 0 Å². The molecule has 32 heavy (non-hydrogen) atoms. The predicted molar refractivity (Wildman–Crippen MR) is 125 cm³/mol. The average molecular weight is 436 g/mol. The van der Waals surface area contributed by atoms with Gasteiger partial charge in [0.2, 0.25) is 5.91 Å². The second-order valence-electron chi connectivity index (χ2n) is 9.27. The summed E-state index contributed by atoms with van der Waals surface area (Å²) in [5.41, 5.74) is 3.21. The van der Waals surface area contributed by atoms with Gasteiger partial charge in [-0.25, -0.2) is 0 Å². The Balaban J connectivity index is 1.52. The van der Waals surface area contributed by atoms with Crippen LogP contribution in [0, 0.1) is 13.8 Å². The molecule has 2 amide bonds. The minimum absolute atomic E-state index is 0.0231. The van der Waals surface area contributed by atoms with Gasteiger partial charge in [0, 0.05) is 18.8 Å². The zero-order valence-corrected chi connectivity index (χ0v) is 19.1. The van der Waals surface area contributed by atoms with Crippen LogP contribution in [0.4, 0.5) is 0 Å². The molecule has 1 aliphatic carbocycles. The highest BCUT2D eigenvalue weighted by atomic mass is 16.2. The number of nitrogens with one attached hydrogen (secondary N) is 1. The van der Waals surface area contributed by atoms with Crippen molar-refractivity contribution in [2.45, 2.75) is 77.4 Å². The van der Waals surface area contributed by atoms with Crippen LogP contribution in [-0.2, 0) is 11.3 Å². The van der Waals surface area contributed by atoms with Crippen LogP contribution in [0.15, 0.2) is 41.3 Å². The van der Waals surface area contributed by atoms with Gasteiger partial charge in [0.05, 0.1) is 6.04 Å². The molecular formula is C26H33N3O3. The van der Waals surface area contributed by atoms with E-state index in [0.717, 1.165) is 55.2 Å². The van der Waals surface area contributed by atoms with Crippen LogP contribution in [0.2, 0.25) is 0 Å². The van der Waals surface area contributed by atoms with Gasteiger partial charge in [-0.2, -0.15) is 0 Å². The molecular weight excluding hydrogens is 402 g/mol. The minimum Gasteiger partial charge on any atom is -0.352 e. The molecule has 170 valence electrons. The summed E-state index contributed by atoms with van der Waals surface area (Å²) >= 11 is 0. The molecule has 1 aliphatic heterocycles. The lowest BCUT2D eigenvalue weighted by Gasteiger charge is -2.27. The SMILES string of the molecule is Cc1ccc(C)c([C@@H]2CCCN2C(=O)c2cccn(CC(=O)NC3CCCCC3)c2=O)c1. The Morgan fingerprint density at radius 2 is 1.81 bits per heavy atom. The van der Waals surface area contributed by atoms with E-state index in [4.69, 9.17) is 0 Å². The number of aryl methyl sites for hydroxylation is 2. The van der Waals surface area contributed by atoms with Crippen molar-refractivity contribution in [3.63, 3.8) is 0 Å². The maximum atomic E-state index is 13.4. The maximum Gasteiger partial charge on any atom is 0.263 e. The van der Waals surface area contributed by atoms with E-state index in [2.05, 4.69) is 37.4 Å². The third-order valence-electron chi connectivity index (χ3n) is 6.84. The second-order valence-corrected chi connectivity index (χ2v) is 9.27. The van der Waals surface area contributed by atoms with Crippen LogP contribution in [0.5, 0.6) is 0 Å². The largest absolute Gasteiger partial charge is 0.352 e. The standard InChI is InChI=1S/C26H33N3O3/c1-18-12-13-19(2)22(16-18)23-11-7-15-29(23)26(32)21-10-6-14-28(25(21)31)17-24(30)27-20-8-4-3-5-9-20/h6,10,12-14,16,20,23H,3-5,7-9,11,15,17H2,1-2H3,(H,27,30)/t23-/m0/s1. The van der Waals surface area contributed by atoms with E-state index in [-0.39, 0.29) is 36.0 Å². The summed E-state index contributed by atoms with van der Waals surface area (Å²) < 4.78 is 1.36. The molecule has 2 heterocycles. The summed E-state index contributed by atoms with van der Waals surface area (Å²) in [6.07, 6.45) is 8.86. The van der Waals surface area contributed by atoms with Gasteiger partial charge in [-0.1, -0.05) is 43.0 Å². The van der Waals surface area contributed by atoms with E-state index in [1.807, 2.05) is 4.90 Å². The zero-order chi connectivity index (χ0) is 22.7. The number of benzene rings is 1. The first-order chi connectivity index (χ1) is 15.4. The lowest BCUT2D eigenvalue weighted by atomic mass is 9.95. The third-order valence-corrected chi connectivity index (χ3v) is 6.84. The maximum absolute atomic E-state index is 13.4. The van der Waals surface area contributed by atoms with Crippen molar-refractivity contribution in [3.05, 3.63) is 69.1 Å². The topological polar surface area (TPSA) is 71.4 Å². The fourth-order valence-electron chi connectivity index (χ4n) is 5.11. The van der Waals surface area contributed by atoms with E-state index in [1.165, 1.54) is 11.0 Å². The highest BCUT2D eigenvalue weighted by Crippen LogP contribution is 2.35. The number of hydrogen-bond acceptors (Lipinski definition) is 3. The Morgan fingerprint density at radius 3 is 2.59 bits per heavy atom. The van der Waals surface area contributed by atoms with Gasteiger partial charge < -0.3 is 14.8 Å². The molecule has 0 radical (unpaired) electrons. The first-order valence-electron chi connectivity index (χ1n) is 11.8. The Bertz CT molecular complexity index is 1050. The van der Waals surface area contributed by atoms with Gasteiger partial charge in [-0.05, 0) is 62.8 Å². The molecule has 1 saturated heterocycles. The second kappa shape index (κ2) is 9.72. The Kier molecular flexibility index (Phi) is 6.77. The molecule has 0 bridgehead atoms. The number of amides is 2. The van der Waals surface area contributed by atoms with Gasteiger partial charge >= 0.3 is 0 Å². The normalized spacial score (nSPS) is 19.2. The molecule has 6 heteroatoms. The summed E-state index contributed by atoms with van der Waals surface area (Å²) in [4.78, 5) is 40.8. The monoisotopic (exact) mass is 435 g/mol. The third kappa shape index (κ3) is 4.79. The number of carbonyl (C=O) groups is 2. The highest BCUT2D eigenvalue weighted by molar-refractivity contribution is 5.94. The Labute approximate surface area is 189 Å². The van der Waals surface area contributed by atoms with Crippen molar-refractivity contribution in [3.8, 4) is 0 Å². The lowest BCUT2D eigenvalue weighted by molar-refractivity contribution is -0.122. The van der Waals surface area contributed by atoms with Crippen molar-refractivity contribution in [2.75, 3.05) is 6.54 Å². The number of rotatable bonds is 5. The van der Waals surface area contributed by atoms with Crippen molar-refractivity contribution < 1.29 is 9.59 Å². The molecule has 1 saturated carbocycles. The van der Waals surface area contributed by atoms with Crippen LogP contribution in [-0.4, -0.2) is 33.9 Å². The molecule has 1 aromatic carbocycles. The van der Waals surface area contributed by atoms with Gasteiger partial charge in [0.25, 0.3) is 11.5 Å². The first-order valence-corrected chi connectivity index (χ1v) is 11.8. The lowest BCUT2D eigenvalue weighted by Crippen LogP contribution is -2.41. The van der Waals surface area contributed by atoms with Gasteiger partial charge in [-0.3, -0.25) is 14.4 Å². The van der Waals surface area contributed by atoms with Crippen LogP contribution < -0.4 is 10.9 Å². The number of nitrogens with zero attached hydrogens (tertiary/aromatic N) is 2. The summed E-state index contributed by atoms with van der Waals surface area (Å²) in [7, 11) is 0. The van der Waals surface area contributed by atoms with E-state index < -0.39 is 5.56 Å². The predicted octanol–water partition coefficient (Wildman–Crippen LogP) is 3.89. The summed E-state index contributed by atoms with van der Waals surface area (Å²) in [5.74, 6) is -0.418. The summed E-state index contributed by atoms with van der Waals surface area (Å²) in [6.45, 7) is 4.69. The Hall–Kier alpha value is -2.89. The zero-order valence-electron chi connectivity index (χ0n) is 19.1. The first kappa shape index (κ1) is 22.3. The van der Waals surface area contributed by atoms with E-state index in [1.54, 1.807) is 18.3 Å². The molecule has 1 atom stereocenters. The molecule has 2 fully saturated rings. The molecule has 1 aromatic heterocycles.